The molecule has 1 aromatic rings. The lowest BCUT2D eigenvalue weighted by molar-refractivity contribution is 0.00681. The van der Waals surface area contributed by atoms with Crippen LogP contribution in [0.25, 0.3) is 0 Å². The van der Waals surface area contributed by atoms with E-state index in [0.717, 1.165) is 6.07 Å². The van der Waals surface area contributed by atoms with E-state index in [9.17, 15) is 18.3 Å². The molecule has 0 aliphatic carbocycles. The molecule has 0 saturated carbocycles. The quantitative estimate of drug-likeness (QED) is 0.523. The van der Waals surface area contributed by atoms with Crippen molar-refractivity contribution in [1.82, 2.24) is 9.29 Å². The summed E-state index contributed by atoms with van der Waals surface area (Å²) in [6.45, 7) is 2.28. The molecule has 0 spiro atoms. The third kappa shape index (κ3) is 3.79. The fourth-order valence-electron chi connectivity index (χ4n) is 1.46. The highest BCUT2D eigenvalue weighted by Gasteiger charge is 2.25. The topological polar surface area (TPSA) is 129 Å². The van der Waals surface area contributed by atoms with Crippen LogP contribution >= 0.6 is 0 Å². The highest BCUT2D eigenvalue weighted by molar-refractivity contribution is 7.89. The Morgan fingerprint density at radius 3 is 2.50 bits per heavy atom. The van der Waals surface area contributed by atoms with Crippen molar-refractivity contribution in [3.8, 4) is 0 Å². The normalized spacial score (nSPS) is 15.0. The summed E-state index contributed by atoms with van der Waals surface area (Å²) in [5.41, 5.74) is -1.72. The Balaban J connectivity index is 3.02. The van der Waals surface area contributed by atoms with E-state index in [-0.39, 0.29) is 17.1 Å². The second kappa shape index (κ2) is 5.92. The first kappa shape index (κ1) is 16.6. The van der Waals surface area contributed by atoms with Crippen LogP contribution in [0.15, 0.2) is 17.2 Å². The van der Waals surface area contributed by atoms with Crippen LogP contribution in [0.4, 0.5) is 0 Å². The monoisotopic (exact) mass is 306 g/mol. The molecule has 0 aliphatic heterocycles. The highest BCUT2D eigenvalue weighted by atomic mass is 32.2. The van der Waals surface area contributed by atoms with E-state index in [4.69, 9.17) is 10.2 Å². The van der Waals surface area contributed by atoms with Crippen molar-refractivity contribution in [1.29, 1.82) is 0 Å². The van der Waals surface area contributed by atoms with E-state index in [1.54, 1.807) is 6.92 Å². The number of carboxylic acids is 1. The van der Waals surface area contributed by atoms with Crippen molar-refractivity contribution in [3.05, 3.63) is 18.0 Å². The Morgan fingerprint density at radius 2 is 2.10 bits per heavy atom. The first-order valence-corrected chi connectivity index (χ1v) is 7.37. The van der Waals surface area contributed by atoms with Gasteiger partial charge in [-0.25, -0.2) is 17.9 Å². The largest absolute Gasteiger partial charge is 0.477 e. The zero-order valence-corrected chi connectivity index (χ0v) is 12.0. The summed E-state index contributed by atoms with van der Waals surface area (Å²) >= 11 is 0. The molecule has 1 atom stereocenters. The predicted octanol–water partition coefficient (Wildman–Crippen LogP) is -0.772. The molecule has 0 aliphatic rings. The molecule has 0 amide bonds. The second-order valence-corrected chi connectivity index (χ2v) is 6.40. The van der Waals surface area contributed by atoms with Crippen LogP contribution in [-0.2, 0) is 16.6 Å². The molecule has 0 fully saturated rings. The maximum atomic E-state index is 12.0. The van der Waals surface area contributed by atoms with E-state index >= 15 is 0 Å². The van der Waals surface area contributed by atoms with Crippen LogP contribution in [0.2, 0.25) is 0 Å². The van der Waals surface area contributed by atoms with Gasteiger partial charge in [0.15, 0.2) is 0 Å². The summed E-state index contributed by atoms with van der Waals surface area (Å²) in [4.78, 5) is 10.8. The van der Waals surface area contributed by atoms with Crippen molar-refractivity contribution in [2.75, 3.05) is 13.2 Å². The molecule has 20 heavy (non-hydrogen) atoms. The maximum Gasteiger partial charge on any atom is 0.352 e. The summed E-state index contributed by atoms with van der Waals surface area (Å²) in [7, 11) is -3.95. The van der Waals surface area contributed by atoms with Gasteiger partial charge in [-0.1, -0.05) is 0 Å². The van der Waals surface area contributed by atoms with Gasteiger partial charge in [-0.15, -0.1) is 0 Å². The maximum absolute atomic E-state index is 12.0. The number of aliphatic hydroxyl groups excluding tert-OH is 1. The third-order valence-electron chi connectivity index (χ3n) is 2.73. The molecule has 1 unspecified atom stereocenters. The van der Waals surface area contributed by atoms with Gasteiger partial charge >= 0.3 is 5.97 Å². The number of hydrogen-bond acceptors (Lipinski definition) is 5. The molecule has 0 bridgehead atoms. The smallest absolute Gasteiger partial charge is 0.352 e. The fraction of sp³-hybridized carbons (Fsp3) is 0.545. The van der Waals surface area contributed by atoms with E-state index < -0.39 is 28.2 Å². The molecule has 9 heteroatoms. The first-order valence-electron chi connectivity index (χ1n) is 5.89. The number of aliphatic hydroxyl groups is 2. The second-order valence-electron chi connectivity index (χ2n) is 4.63. The van der Waals surface area contributed by atoms with E-state index in [1.165, 1.54) is 17.7 Å². The molecule has 4 N–H and O–H groups in total. The van der Waals surface area contributed by atoms with Gasteiger partial charge in [0, 0.05) is 19.3 Å². The number of aromatic nitrogens is 1. The van der Waals surface area contributed by atoms with Gasteiger partial charge in [-0.05, 0) is 19.9 Å². The molecule has 0 radical (unpaired) electrons. The number of nitrogens with zero attached hydrogens (tertiary/aromatic N) is 1. The minimum Gasteiger partial charge on any atom is -0.477 e. The van der Waals surface area contributed by atoms with Crippen LogP contribution in [0.3, 0.4) is 0 Å². The predicted molar refractivity (Wildman–Crippen MR) is 70.0 cm³/mol. The first-order chi connectivity index (χ1) is 9.13. The van der Waals surface area contributed by atoms with Crippen molar-refractivity contribution in [2.24, 2.45) is 0 Å². The van der Waals surface area contributed by atoms with Gasteiger partial charge in [0.05, 0.1) is 12.2 Å². The molecule has 0 aromatic carbocycles. The van der Waals surface area contributed by atoms with E-state index in [1.807, 2.05) is 0 Å². The lowest BCUT2D eigenvalue weighted by Crippen LogP contribution is -2.43. The molecular formula is C11H18N2O6S. The van der Waals surface area contributed by atoms with Crippen molar-refractivity contribution in [2.45, 2.75) is 30.9 Å². The van der Waals surface area contributed by atoms with Gasteiger partial charge in [0.25, 0.3) is 0 Å². The molecular weight excluding hydrogens is 288 g/mol. The van der Waals surface area contributed by atoms with Crippen LogP contribution < -0.4 is 4.72 Å². The summed E-state index contributed by atoms with van der Waals surface area (Å²) in [6, 6.07) is 1.04. The summed E-state index contributed by atoms with van der Waals surface area (Å²) < 4.78 is 27.4. The zero-order valence-electron chi connectivity index (χ0n) is 11.2. The summed E-state index contributed by atoms with van der Waals surface area (Å²) in [5.74, 6) is -1.23. The average molecular weight is 306 g/mol. The number of carboxylic acid groups (broad SMARTS) is 1. The molecule has 0 saturated heterocycles. The minimum absolute atomic E-state index is 0.137. The van der Waals surface area contributed by atoms with Crippen molar-refractivity contribution >= 4 is 16.0 Å². The Bertz CT molecular complexity index is 590. The van der Waals surface area contributed by atoms with Gasteiger partial charge < -0.3 is 19.9 Å². The van der Waals surface area contributed by atoms with Crippen LogP contribution in [0.5, 0.6) is 0 Å². The molecule has 1 aromatic heterocycles. The van der Waals surface area contributed by atoms with Crippen molar-refractivity contribution < 1.29 is 28.5 Å². The van der Waals surface area contributed by atoms with Crippen molar-refractivity contribution in [3.63, 3.8) is 0 Å². The summed E-state index contributed by atoms with van der Waals surface area (Å²) in [5, 5.41) is 27.4. The Kier molecular flexibility index (Phi) is 4.92. The Labute approximate surface area is 116 Å². The van der Waals surface area contributed by atoms with Crippen LogP contribution in [-0.4, -0.2) is 53.0 Å². The SMILES string of the molecule is CCn1cc(S(=O)(=O)NCC(C)(O)CO)cc1C(=O)O. The van der Waals surface area contributed by atoms with Gasteiger partial charge in [-0.3, -0.25) is 0 Å². The van der Waals surface area contributed by atoms with Crippen LogP contribution in [0, 0.1) is 0 Å². The van der Waals surface area contributed by atoms with E-state index in [2.05, 4.69) is 4.72 Å². The van der Waals surface area contributed by atoms with Gasteiger partial charge in [0.2, 0.25) is 10.0 Å². The lowest BCUT2D eigenvalue weighted by Gasteiger charge is -2.20. The highest BCUT2D eigenvalue weighted by Crippen LogP contribution is 2.15. The number of sulfonamides is 1. The number of aryl methyl sites for hydroxylation is 1. The Hall–Kier alpha value is -1.42. The van der Waals surface area contributed by atoms with E-state index in [0.29, 0.717) is 6.54 Å². The summed E-state index contributed by atoms with van der Waals surface area (Å²) in [6.07, 6.45) is 1.21. The fourth-order valence-corrected chi connectivity index (χ4v) is 2.66. The minimum atomic E-state index is -3.95. The van der Waals surface area contributed by atoms with Crippen LogP contribution in [0.1, 0.15) is 24.3 Å². The molecule has 1 heterocycles. The van der Waals surface area contributed by atoms with Gasteiger partial charge in [-0.2, -0.15) is 0 Å². The Morgan fingerprint density at radius 1 is 1.50 bits per heavy atom. The molecule has 1 rings (SSSR count). The molecule has 8 nitrogen and oxygen atoms in total. The number of hydrogen-bond donors (Lipinski definition) is 4. The zero-order chi connectivity index (χ0) is 15.6. The number of carbonyl (C=O) groups is 1. The average Bonchev–Trinajstić information content (AvgIpc) is 2.82. The third-order valence-corrected chi connectivity index (χ3v) is 4.09. The number of aromatic carboxylic acids is 1. The number of rotatable bonds is 7. The number of nitrogens with one attached hydrogen (secondary N) is 1. The lowest BCUT2D eigenvalue weighted by atomic mass is 10.1. The standard InChI is InChI=1S/C11H18N2O6S/c1-3-13-5-8(4-9(13)10(15)16)20(18,19)12-6-11(2,17)7-14/h4-5,12,14,17H,3,6-7H2,1-2H3,(H,15,16). The molecule has 114 valence electrons. The van der Waals surface area contributed by atoms with Gasteiger partial charge in [0.1, 0.15) is 10.6 Å².